The molecule has 0 bridgehead atoms. The molecule has 1 aromatic carbocycles. The van der Waals surface area contributed by atoms with Gasteiger partial charge in [0.15, 0.2) is 0 Å². The molecule has 0 saturated carbocycles. The van der Waals surface area contributed by atoms with E-state index >= 15 is 0 Å². The Bertz CT molecular complexity index is 677. The lowest BCUT2D eigenvalue weighted by atomic mass is 10.1. The van der Waals surface area contributed by atoms with Gasteiger partial charge in [0.05, 0.1) is 11.6 Å². The van der Waals surface area contributed by atoms with E-state index in [2.05, 4.69) is 0 Å². The zero-order valence-electron chi connectivity index (χ0n) is 13.4. The van der Waals surface area contributed by atoms with Gasteiger partial charge in [0.1, 0.15) is 6.04 Å². The molecule has 130 valence electrons. The van der Waals surface area contributed by atoms with Crippen LogP contribution in [0.5, 0.6) is 0 Å². The van der Waals surface area contributed by atoms with E-state index in [1.165, 1.54) is 28.0 Å². The Morgan fingerprint density at radius 2 is 1.83 bits per heavy atom. The van der Waals surface area contributed by atoms with E-state index in [9.17, 15) is 22.8 Å². The van der Waals surface area contributed by atoms with E-state index in [-0.39, 0.29) is 30.1 Å². The minimum atomic E-state index is -4.46. The molecule has 0 N–H and O–H groups in total. The van der Waals surface area contributed by atoms with Gasteiger partial charge in [-0.3, -0.25) is 4.79 Å². The summed E-state index contributed by atoms with van der Waals surface area (Å²) in [6.45, 7) is 2.24. The fraction of sp³-hybridized carbons (Fsp3) is 0.500. The lowest BCUT2D eigenvalue weighted by molar-refractivity contribution is -0.139. The molecule has 3 amide bonds. The molecule has 0 spiro atoms. The second kappa shape index (κ2) is 5.68. The molecular weight excluding hydrogens is 323 g/mol. The van der Waals surface area contributed by atoms with Crippen LogP contribution in [0.3, 0.4) is 0 Å². The van der Waals surface area contributed by atoms with Gasteiger partial charge in [-0.05, 0) is 18.6 Å². The Morgan fingerprint density at radius 1 is 1.17 bits per heavy atom. The first-order valence-electron chi connectivity index (χ1n) is 7.67. The molecule has 24 heavy (non-hydrogen) atoms. The number of hydrogen-bond acceptors (Lipinski definition) is 2. The third-order valence-electron chi connectivity index (χ3n) is 4.64. The average Bonchev–Trinajstić information content (AvgIpc) is 2.80. The van der Waals surface area contributed by atoms with Crippen LogP contribution in [0.2, 0.25) is 0 Å². The van der Waals surface area contributed by atoms with Crippen LogP contribution in [0.4, 0.5) is 18.0 Å². The van der Waals surface area contributed by atoms with Gasteiger partial charge in [0, 0.05) is 26.7 Å². The summed E-state index contributed by atoms with van der Waals surface area (Å²) >= 11 is 0. The first-order valence-corrected chi connectivity index (χ1v) is 7.67. The van der Waals surface area contributed by atoms with Crippen LogP contribution in [0.25, 0.3) is 0 Å². The highest BCUT2D eigenvalue weighted by atomic mass is 19.4. The summed E-state index contributed by atoms with van der Waals surface area (Å²) in [5.74, 6) is -0.155. The third-order valence-corrected chi connectivity index (χ3v) is 4.64. The number of urea groups is 1. The molecule has 5 nitrogen and oxygen atoms in total. The fourth-order valence-electron chi connectivity index (χ4n) is 3.48. The number of rotatable bonds is 2. The Labute approximate surface area is 137 Å². The van der Waals surface area contributed by atoms with E-state index < -0.39 is 17.8 Å². The predicted octanol–water partition coefficient (Wildman–Crippen LogP) is 2.17. The van der Waals surface area contributed by atoms with Crippen LogP contribution in [-0.4, -0.2) is 58.9 Å². The molecule has 0 aliphatic carbocycles. The van der Waals surface area contributed by atoms with Crippen molar-refractivity contribution >= 4 is 11.9 Å². The number of benzene rings is 1. The Balaban J connectivity index is 1.84. The fourth-order valence-corrected chi connectivity index (χ4v) is 3.48. The second-order valence-electron chi connectivity index (χ2n) is 6.27. The lowest BCUT2D eigenvalue weighted by Crippen LogP contribution is -2.58. The van der Waals surface area contributed by atoms with Crippen molar-refractivity contribution in [3.05, 3.63) is 35.4 Å². The van der Waals surface area contributed by atoms with Crippen molar-refractivity contribution in [2.75, 3.05) is 20.1 Å². The molecule has 8 heteroatoms. The molecule has 1 aromatic rings. The predicted molar refractivity (Wildman–Crippen MR) is 80.0 cm³/mol. The average molecular weight is 341 g/mol. The number of nitrogens with zero attached hydrogens (tertiary/aromatic N) is 3. The van der Waals surface area contributed by atoms with E-state index in [0.29, 0.717) is 13.1 Å². The van der Waals surface area contributed by atoms with E-state index in [0.717, 1.165) is 6.07 Å². The molecule has 3 rings (SSSR count). The van der Waals surface area contributed by atoms with Gasteiger partial charge in [-0.2, -0.15) is 13.2 Å². The number of alkyl halides is 3. The van der Waals surface area contributed by atoms with Crippen molar-refractivity contribution in [2.24, 2.45) is 0 Å². The molecular formula is C16H18F3N3O2. The molecule has 2 fully saturated rings. The molecule has 0 radical (unpaired) electrons. The van der Waals surface area contributed by atoms with Crippen LogP contribution in [0, 0.1) is 0 Å². The van der Waals surface area contributed by atoms with Crippen molar-refractivity contribution < 1.29 is 22.8 Å². The highest BCUT2D eigenvalue weighted by Crippen LogP contribution is 2.33. The molecule has 2 aliphatic rings. The van der Waals surface area contributed by atoms with Crippen LogP contribution in [0.1, 0.15) is 18.1 Å². The highest BCUT2D eigenvalue weighted by molar-refractivity contribution is 5.89. The van der Waals surface area contributed by atoms with E-state index in [1.54, 1.807) is 18.9 Å². The lowest BCUT2D eigenvalue weighted by Gasteiger charge is -2.38. The number of fused-ring (bicyclic) bond motifs is 1. The largest absolute Gasteiger partial charge is 0.416 e. The molecule has 2 atom stereocenters. The van der Waals surface area contributed by atoms with Gasteiger partial charge in [0.2, 0.25) is 5.91 Å². The van der Waals surface area contributed by atoms with Gasteiger partial charge < -0.3 is 14.7 Å². The van der Waals surface area contributed by atoms with Crippen molar-refractivity contribution in [2.45, 2.75) is 31.7 Å². The number of carbonyl (C=O) groups excluding carboxylic acids is 2. The standard InChI is InChI=1S/C16H18F3N3O2/c1-10-14(23)20(2)8-12-9-21(15(24)22(10)12)7-11-5-3-4-6-13(11)16(17,18)19/h3-6,10,12H,7-9H2,1-2H3/t10-,12-/m0/s1. The van der Waals surface area contributed by atoms with E-state index in [1.807, 2.05) is 0 Å². The monoisotopic (exact) mass is 341 g/mol. The smallest absolute Gasteiger partial charge is 0.342 e. The number of amides is 3. The Hall–Kier alpha value is -2.25. The first kappa shape index (κ1) is 16.6. The Kier molecular flexibility index (Phi) is 3.93. The van der Waals surface area contributed by atoms with Gasteiger partial charge >= 0.3 is 12.2 Å². The summed E-state index contributed by atoms with van der Waals surface area (Å²) in [6.07, 6.45) is -4.46. The summed E-state index contributed by atoms with van der Waals surface area (Å²) < 4.78 is 39.3. The summed E-state index contributed by atoms with van der Waals surface area (Å²) in [5.41, 5.74) is -0.672. The zero-order chi connectivity index (χ0) is 17.6. The minimum Gasteiger partial charge on any atom is -0.342 e. The number of carbonyl (C=O) groups is 2. The molecule has 0 unspecified atom stereocenters. The van der Waals surface area contributed by atoms with E-state index in [4.69, 9.17) is 0 Å². The first-order chi connectivity index (χ1) is 11.2. The second-order valence-corrected chi connectivity index (χ2v) is 6.27. The van der Waals surface area contributed by atoms with Crippen LogP contribution >= 0.6 is 0 Å². The number of hydrogen-bond donors (Lipinski definition) is 0. The quantitative estimate of drug-likeness (QED) is 0.828. The summed E-state index contributed by atoms with van der Waals surface area (Å²) in [4.78, 5) is 29.0. The number of likely N-dealkylation sites (N-methyl/N-ethyl adjacent to an activating group) is 1. The number of piperazine rings is 1. The maximum atomic E-state index is 13.1. The SMILES string of the molecule is C[C@H]1C(=O)N(C)C[C@H]2CN(Cc3ccccc3C(F)(F)F)C(=O)N21. The Morgan fingerprint density at radius 3 is 2.50 bits per heavy atom. The van der Waals surface area contributed by atoms with Crippen molar-refractivity contribution in [1.29, 1.82) is 0 Å². The third kappa shape index (κ3) is 2.70. The normalized spacial score (nSPS) is 24.6. The molecule has 2 heterocycles. The van der Waals surface area contributed by atoms with Crippen molar-refractivity contribution in [3.63, 3.8) is 0 Å². The summed E-state index contributed by atoms with van der Waals surface area (Å²) in [5, 5.41) is 0. The summed E-state index contributed by atoms with van der Waals surface area (Å²) in [7, 11) is 1.67. The minimum absolute atomic E-state index is 0.0607. The highest BCUT2D eigenvalue weighted by Gasteiger charge is 2.47. The van der Waals surface area contributed by atoms with Crippen LogP contribution < -0.4 is 0 Å². The topological polar surface area (TPSA) is 43.9 Å². The van der Waals surface area contributed by atoms with Gasteiger partial charge in [-0.15, -0.1) is 0 Å². The summed E-state index contributed by atoms with van der Waals surface area (Å²) in [6, 6.07) is 4.09. The van der Waals surface area contributed by atoms with Crippen LogP contribution in [0.15, 0.2) is 24.3 Å². The maximum Gasteiger partial charge on any atom is 0.416 e. The van der Waals surface area contributed by atoms with Crippen LogP contribution in [-0.2, 0) is 17.5 Å². The number of halogens is 3. The van der Waals surface area contributed by atoms with Gasteiger partial charge in [-0.25, -0.2) is 4.79 Å². The zero-order valence-corrected chi connectivity index (χ0v) is 13.4. The molecule has 2 aliphatic heterocycles. The molecule has 2 saturated heterocycles. The van der Waals surface area contributed by atoms with Crippen molar-refractivity contribution in [3.8, 4) is 0 Å². The van der Waals surface area contributed by atoms with Gasteiger partial charge in [-0.1, -0.05) is 18.2 Å². The van der Waals surface area contributed by atoms with Crippen molar-refractivity contribution in [1.82, 2.24) is 14.7 Å². The van der Waals surface area contributed by atoms with Gasteiger partial charge in [0.25, 0.3) is 0 Å². The maximum absolute atomic E-state index is 13.1. The molecule has 0 aromatic heterocycles.